The van der Waals surface area contributed by atoms with Gasteiger partial charge in [-0.15, -0.1) is 0 Å². The molecule has 8 heteroatoms. The average Bonchev–Trinajstić information content (AvgIpc) is 2.92. The Morgan fingerprint density at radius 3 is 2.79 bits per heavy atom. The Bertz CT molecular complexity index is 802. The van der Waals surface area contributed by atoms with Gasteiger partial charge in [0.05, 0.1) is 6.61 Å². The minimum absolute atomic E-state index is 0.0671. The zero-order chi connectivity index (χ0) is 17.2. The lowest BCUT2D eigenvalue weighted by Gasteiger charge is -2.18. The van der Waals surface area contributed by atoms with Crippen LogP contribution in [0.25, 0.3) is 0 Å². The Kier molecular flexibility index (Phi) is 4.12. The van der Waals surface area contributed by atoms with Crippen molar-refractivity contribution in [3.63, 3.8) is 0 Å². The maximum atomic E-state index is 12.2. The van der Waals surface area contributed by atoms with Crippen LogP contribution in [0.2, 0.25) is 0 Å². The standard InChI is InChI=1S/C16H15N5O3/c17-10-16(24)4-6-21(15(16)23)12-3-5-18-14(7-12)20-13-2-1-11(9-22)8-19-13/h1-3,5,7-8,22,24H,4,6,9H2,(H,18,19,20)/t16-/m0/s1. The fourth-order valence-electron chi connectivity index (χ4n) is 2.43. The number of aromatic nitrogens is 2. The molecule has 0 aliphatic carbocycles. The van der Waals surface area contributed by atoms with Crippen molar-refractivity contribution in [2.75, 3.05) is 16.8 Å². The Balaban J connectivity index is 1.80. The van der Waals surface area contributed by atoms with E-state index in [9.17, 15) is 9.90 Å². The molecule has 3 rings (SSSR count). The Morgan fingerprint density at radius 1 is 1.33 bits per heavy atom. The van der Waals surface area contributed by atoms with Crippen LogP contribution in [-0.2, 0) is 11.4 Å². The smallest absolute Gasteiger partial charge is 0.273 e. The second kappa shape index (κ2) is 6.23. The largest absolute Gasteiger partial charge is 0.392 e. The molecule has 2 aromatic heterocycles. The first-order valence-corrected chi connectivity index (χ1v) is 7.30. The van der Waals surface area contributed by atoms with Gasteiger partial charge in [0.2, 0.25) is 5.60 Å². The van der Waals surface area contributed by atoms with E-state index < -0.39 is 11.5 Å². The van der Waals surface area contributed by atoms with Gasteiger partial charge in [0.15, 0.2) is 0 Å². The number of hydrogen-bond donors (Lipinski definition) is 3. The maximum Gasteiger partial charge on any atom is 0.273 e. The van der Waals surface area contributed by atoms with Crippen LogP contribution in [0, 0.1) is 11.3 Å². The highest BCUT2D eigenvalue weighted by Gasteiger charge is 2.46. The fourth-order valence-corrected chi connectivity index (χ4v) is 2.43. The van der Waals surface area contributed by atoms with E-state index in [0.717, 1.165) is 0 Å². The third kappa shape index (κ3) is 2.90. The molecule has 1 atom stereocenters. The van der Waals surface area contributed by atoms with Crippen LogP contribution in [0.4, 0.5) is 17.3 Å². The molecule has 1 aliphatic rings. The van der Waals surface area contributed by atoms with Gasteiger partial charge in [0.1, 0.15) is 17.7 Å². The number of nitrogens with zero attached hydrogens (tertiary/aromatic N) is 4. The number of anilines is 3. The summed E-state index contributed by atoms with van der Waals surface area (Å²) in [5.41, 5.74) is -0.727. The van der Waals surface area contributed by atoms with Crippen LogP contribution in [0.15, 0.2) is 36.7 Å². The molecular formula is C16H15N5O3. The highest BCUT2D eigenvalue weighted by molar-refractivity contribution is 6.03. The van der Waals surface area contributed by atoms with Gasteiger partial charge in [-0.25, -0.2) is 9.97 Å². The number of hydrogen-bond acceptors (Lipinski definition) is 7. The van der Waals surface area contributed by atoms with E-state index in [1.807, 2.05) is 0 Å². The highest BCUT2D eigenvalue weighted by Crippen LogP contribution is 2.29. The van der Waals surface area contributed by atoms with Gasteiger partial charge in [-0.05, 0) is 17.7 Å². The first-order chi connectivity index (χ1) is 11.6. The number of amides is 1. The number of carbonyl (C=O) groups is 1. The van der Waals surface area contributed by atoms with Gasteiger partial charge >= 0.3 is 0 Å². The van der Waals surface area contributed by atoms with Crippen LogP contribution in [0.3, 0.4) is 0 Å². The molecule has 0 aromatic carbocycles. The molecule has 24 heavy (non-hydrogen) atoms. The summed E-state index contributed by atoms with van der Waals surface area (Å²) in [6.45, 7) is 0.176. The average molecular weight is 325 g/mol. The summed E-state index contributed by atoms with van der Waals surface area (Å²) in [5.74, 6) is 0.377. The van der Waals surface area contributed by atoms with E-state index in [-0.39, 0.29) is 19.6 Å². The highest BCUT2D eigenvalue weighted by atomic mass is 16.3. The minimum atomic E-state index is -1.96. The summed E-state index contributed by atoms with van der Waals surface area (Å²) in [7, 11) is 0. The van der Waals surface area contributed by atoms with Gasteiger partial charge < -0.3 is 20.4 Å². The molecule has 0 saturated carbocycles. The summed E-state index contributed by atoms with van der Waals surface area (Å²) in [6.07, 6.45) is 3.14. The van der Waals surface area contributed by atoms with Crippen molar-refractivity contribution >= 4 is 23.2 Å². The molecule has 0 unspecified atom stereocenters. The lowest BCUT2D eigenvalue weighted by molar-refractivity contribution is -0.128. The van der Waals surface area contributed by atoms with E-state index in [1.54, 1.807) is 36.5 Å². The van der Waals surface area contributed by atoms with Crippen molar-refractivity contribution < 1.29 is 15.0 Å². The zero-order valence-corrected chi connectivity index (χ0v) is 12.7. The van der Waals surface area contributed by atoms with Crippen LogP contribution in [0.5, 0.6) is 0 Å². The molecular weight excluding hydrogens is 310 g/mol. The van der Waals surface area contributed by atoms with Gasteiger partial charge in [0, 0.05) is 37.1 Å². The van der Waals surface area contributed by atoms with Gasteiger partial charge in [-0.1, -0.05) is 6.07 Å². The first kappa shape index (κ1) is 15.9. The molecule has 122 valence electrons. The molecule has 1 aliphatic heterocycles. The molecule has 3 heterocycles. The first-order valence-electron chi connectivity index (χ1n) is 7.30. The number of nitrogens with one attached hydrogen (secondary N) is 1. The fraction of sp³-hybridized carbons (Fsp3) is 0.250. The summed E-state index contributed by atoms with van der Waals surface area (Å²) in [4.78, 5) is 21.8. The molecule has 8 nitrogen and oxygen atoms in total. The maximum absolute atomic E-state index is 12.2. The van der Waals surface area contributed by atoms with Gasteiger partial charge in [0.25, 0.3) is 5.91 Å². The van der Waals surface area contributed by atoms with E-state index in [1.165, 1.54) is 11.1 Å². The zero-order valence-electron chi connectivity index (χ0n) is 12.7. The molecule has 0 radical (unpaired) electrons. The number of carbonyl (C=O) groups excluding carboxylic acids is 1. The van der Waals surface area contributed by atoms with Crippen LogP contribution >= 0.6 is 0 Å². The molecule has 1 saturated heterocycles. The summed E-state index contributed by atoms with van der Waals surface area (Å²) >= 11 is 0. The number of pyridine rings is 2. The lowest BCUT2D eigenvalue weighted by atomic mass is 10.1. The normalized spacial score (nSPS) is 20.0. The predicted molar refractivity (Wildman–Crippen MR) is 85.2 cm³/mol. The van der Waals surface area contributed by atoms with Crippen LogP contribution in [-0.4, -0.2) is 38.2 Å². The van der Waals surface area contributed by atoms with Gasteiger partial charge in [-0.2, -0.15) is 5.26 Å². The second-order valence-corrected chi connectivity index (χ2v) is 5.41. The number of aliphatic hydroxyl groups is 2. The Morgan fingerprint density at radius 2 is 2.17 bits per heavy atom. The van der Waals surface area contributed by atoms with Crippen molar-refractivity contribution in [1.29, 1.82) is 5.26 Å². The molecule has 1 amide bonds. The SMILES string of the molecule is N#C[C@@]1(O)CCN(c2ccnc(Nc3ccc(CO)cn3)c2)C1=O. The quantitative estimate of drug-likeness (QED) is 0.707. The molecule has 2 aromatic rings. The van der Waals surface area contributed by atoms with E-state index >= 15 is 0 Å². The van der Waals surface area contributed by atoms with E-state index in [2.05, 4.69) is 15.3 Å². The number of aliphatic hydroxyl groups excluding tert-OH is 1. The van der Waals surface area contributed by atoms with Crippen molar-refractivity contribution in [1.82, 2.24) is 9.97 Å². The van der Waals surface area contributed by atoms with Crippen molar-refractivity contribution in [2.45, 2.75) is 18.6 Å². The molecule has 0 bridgehead atoms. The Labute approximate surface area is 138 Å². The van der Waals surface area contributed by atoms with Crippen molar-refractivity contribution in [3.05, 3.63) is 42.2 Å². The van der Waals surface area contributed by atoms with E-state index in [0.29, 0.717) is 22.9 Å². The van der Waals surface area contributed by atoms with E-state index in [4.69, 9.17) is 10.4 Å². The third-order valence-corrected chi connectivity index (χ3v) is 3.80. The second-order valence-electron chi connectivity index (χ2n) is 5.41. The summed E-state index contributed by atoms with van der Waals surface area (Å²) in [6, 6.07) is 8.37. The van der Waals surface area contributed by atoms with Crippen LogP contribution < -0.4 is 10.2 Å². The summed E-state index contributed by atoms with van der Waals surface area (Å²) in [5, 5.41) is 30.9. The molecule has 1 fully saturated rings. The number of rotatable bonds is 4. The monoisotopic (exact) mass is 325 g/mol. The predicted octanol–water partition coefficient (Wildman–Crippen LogP) is 0.704. The lowest BCUT2D eigenvalue weighted by Crippen LogP contribution is -2.38. The molecule has 0 spiro atoms. The topological polar surface area (TPSA) is 122 Å². The Hall–Kier alpha value is -3.02. The molecule has 3 N–H and O–H groups in total. The summed E-state index contributed by atoms with van der Waals surface area (Å²) < 4.78 is 0. The van der Waals surface area contributed by atoms with Crippen molar-refractivity contribution in [2.24, 2.45) is 0 Å². The minimum Gasteiger partial charge on any atom is -0.392 e. The van der Waals surface area contributed by atoms with Crippen LogP contribution in [0.1, 0.15) is 12.0 Å². The van der Waals surface area contributed by atoms with Crippen molar-refractivity contribution in [3.8, 4) is 6.07 Å². The number of nitriles is 1. The van der Waals surface area contributed by atoms with Gasteiger partial charge in [-0.3, -0.25) is 4.79 Å². The third-order valence-electron chi connectivity index (χ3n) is 3.80.